The van der Waals surface area contributed by atoms with Crippen molar-refractivity contribution in [2.45, 2.75) is 47.0 Å². The van der Waals surface area contributed by atoms with E-state index in [0.29, 0.717) is 16.6 Å². The average molecular weight is 381 g/mol. The number of rotatable bonds is 7. The molecule has 0 spiro atoms. The van der Waals surface area contributed by atoms with Crippen LogP contribution in [-0.4, -0.2) is 35.1 Å². The number of hydrogen-bond acceptors (Lipinski definition) is 3. The van der Waals surface area contributed by atoms with E-state index in [1.807, 2.05) is 0 Å². The minimum atomic E-state index is -2.75. The number of carbonyl (C=O) groups is 1. The van der Waals surface area contributed by atoms with Crippen LogP contribution in [0.15, 0.2) is 10.7 Å². The molecule has 0 fully saturated rings. The van der Waals surface area contributed by atoms with Crippen LogP contribution in [-0.2, 0) is 0 Å². The first-order chi connectivity index (χ1) is 9.73. The van der Waals surface area contributed by atoms with Gasteiger partial charge in [-0.1, -0.05) is 14.4 Å². The molecule has 0 saturated heterocycles. The first-order valence-corrected chi connectivity index (χ1v) is 7.54. The highest BCUT2D eigenvalue weighted by Gasteiger charge is 2.28. The highest BCUT2D eigenvalue weighted by molar-refractivity contribution is 9.10. The number of pyridine rings is 1. The molecule has 1 N–H and O–H groups in total. The van der Waals surface area contributed by atoms with Gasteiger partial charge in [-0.25, -0.2) is 18.6 Å². The fourth-order valence-electron chi connectivity index (χ4n) is 1.95. The first kappa shape index (κ1) is 20.8. The van der Waals surface area contributed by atoms with Crippen LogP contribution in [0.3, 0.4) is 0 Å². The van der Waals surface area contributed by atoms with Crippen LogP contribution >= 0.6 is 15.9 Å². The highest BCUT2D eigenvalue weighted by atomic mass is 79.9. The van der Waals surface area contributed by atoms with Crippen molar-refractivity contribution in [1.82, 2.24) is 4.98 Å². The fraction of sp³-hybridized carbons (Fsp3) is 0.600. The second kappa shape index (κ2) is 8.41. The molecule has 1 aromatic heterocycles. The van der Waals surface area contributed by atoms with Gasteiger partial charge in [0.2, 0.25) is 5.92 Å². The second-order valence-corrected chi connectivity index (χ2v) is 5.63. The number of halogens is 3. The number of hydrogen-bond donors (Lipinski definition) is 1. The molecule has 7 heteroatoms. The van der Waals surface area contributed by atoms with E-state index in [0.717, 1.165) is 0 Å². The Bertz CT molecular complexity index is 525. The van der Waals surface area contributed by atoms with Crippen molar-refractivity contribution in [2.24, 2.45) is 0 Å². The molecule has 22 heavy (non-hydrogen) atoms. The minimum Gasteiger partial charge on any atom is -0.478 e. The monoisotopic (exact) mass is 380 g/mol. The molecule has 0 bridgehead atoms. The highest BCUT2D eigenvalue weighted by Crippen LogP contribution is 2.29. The summed E-state index contributed by atoms with van der Waals surface area (Å²) in [5.41, 5.74) is 0.583. The van der Waals surface area contributed by atoms with Gasteiger partial charge in [-0.05, 0) is 35.3 Å². The van der Waals surface area contributed by atoms with E-state index in [9.17, 15) is 18.7 Å². The predicted molar refractivity (Wildman–Crippen MR) is 88.1 cm³/mol. The minimum absolute atomic E-state index is 0. The Balaban J connectivity index is 0.00000441. The molecule has 0 radical (unpaired) electrons. The van der Waals surface area contributed by atoms with Crippen molar-refractivity contribution in [3.05, 3.63) is 21.8 Å². The largest absolute Gasteiger partial charge is 0.478 e. The van der Waals surface area contributed by atoms with Gasteiger partial charge in [0.15, 0.2) is 0 Å². The Morgan fingerprint density at radius 3 is 2.50 bits per heavy atom. The van der Waals surface area contributed by atoms with Crippen LogP contribution in [0.25, 0.3) is 0 Å². The Hall–Kier alpha value is -1.24. The zero-order chi connectivity index (χ0) is 16.2. The van der Waals surface area contributed by atoms with Crippen LogP contribution in [0, 0.1) is 6.92 Å². The van der Waals surface area contributed by atoms with Crippen LogP contribution in [0.2, 0.25) is 0 Å². The topological polar surface area (TPSA) is 53.4 Å². The number of aromatic nitrogens is 1. The van der Waals surface area contributed by atoms with E-state index < -0.39 is 11.9 Å². The fourth-order valence-corrected chi connectivity index (χ4v) is 2.25. The summed E-state index contributed by atoms with van der Waals surface area (Å²) < 4.78 is 27.4. The van der Waals surface area contributed by atoms with Crippen molar-refractivity contribution in [3.63, 3.8) is 0 Å². The van der Waals surface area contributed by atoms with Gasteiger partial charge < -0.3 is 10.0 Å². The van der Waals surface area contributed by atoms with E-state index in [2.05, 4.69) is 20.9 Å². The summed E-state index contributed by atoms with van der Waals surface area (Å²) in [7, 11) is 0. The van der Waals surface area contributed by atoms with Gasteiger partial charge in [-0.3, -0.25) is 0 Å². The molecular weight excluding hydrogens is 358 g/mol. The maximum absolute atomic E-state index is 13.4. The molecule has 1 rings (SSSR count). The molecule has 0 amide bonds. The van der Waals surface area contributed by atoms with Gasteiger partial charge in [0.1, 0.15) is 11.4 Å². The summed E-state index contributed by atoms with van der Waals surface area (Å²) in [6.07, 6.45) is 0.939. The summed E-state index contributed by atoms with van der Waals surface area (Å²) in [5, 5.41) is 9.35. The number of carboxylic acid groups (broad SMARTS) is 1. The average Bonchev–Trinajstić information content (AvgIpc) is 2.42. The third-order valence-electron chi connectivity index (χ3n) is 3.42. The summed E-state index contributed by atoms with van der Waals surface area (Å²) in [4.78, 5) is 17.1. The van der Waals surface area contributed by atoms with E-state index in [-0.39, 0.29) is 38.2 Å². The van der Waals surface area contributed by atoms with Gasteiger partial charge in [-0.2, -0.15) is 0 Å². The molecule has 0 aromatic carbocycles. The summed E-state index contributed by atoms with van der Waals surface area (Å²) in [6.45, 7) is 5.35. The van der Waals surface area contributed by atoms with Gasteiger partial charge in [0.25, 0.3) is 0 Å². The SMILES string of the molecule is C.CCN(CCC(F)(F)CC)c1ncc(Br)c(C)c1C(=O)O. The van der Waals surface area contributed by atoms with Crippen molar-refractivity contribution in [2.75, 3.05) is 18.0 Å². The Labute approximate surface area is 138 Å². The Kier molecular flexibility index (Phi) is 7.93. The van der Waals surface area contributed by atoms with Crippen molar-refractivity contribution in [3.8, 4) is 0 Å². The normalized spacial score (nSPS) is 11.0. The van der Waals surface area contributed by atoms with Crippen LogP contribution in [0.4, 0.5) is 14.6 Å². The van der Waals surface area contributed by atoms with Gasteiger partial charge in [0.05, 0.1) is 0 Å². The zero-order valence-corrected chi connectivity index (χ0v) is 13.9. The quantitative estimate of drug-likeness (QED) is 0.741. The Morgan fingerprint density at radius 2 is 2.05 bits per heavy atom. The number of nitrogens with zero attached hydrogens (tertiary/aromatic N) is 2. The molecule has 0 aliphatic heterocycles. The second-order valence-electron chi connectivity index (χ2n) is 4.77. The zero-order valence-electron chi connectivity index (χ0n) is 12.3. The van der Waals surface area contributed by atoms with Crippen LogP contribution < -0.4 is 4.90 Å². The molecule has 4 nitrogen and oxygen atoms in total. The first-order valence-electron chi connectivity index (χ1n) is 6.74. The van der Waals surface area contributed by atoms with E-state index >= 15 is 0 Å². The molecular formula is C15H23BrF2N2O2. The standard InChI is InChI=1S/C14H19BrF2N2O2.CH4/c1-4-14(16,17)6-7-19(5-2)12-11(13(20)21)9(3)10(15)8-18-12;/h8H,4-7H2,1-3H3,(H,20,21);1H4. The van der Waals surface area contributed by atoms with Crippen LogP contribution in [0.1, 0.15) is 50.0 Å². The third-order valence-corrected chi connectivity index (χ3v) is 4.22. The summed E-state index contributed by atoms with van der Waals surface area (Å²) >= 11 is 3.24. The molecule has 0 aliphatic carbocycles. The molecule has 0 atom stereocenters. The predicted octanol–water partition coefficient (Wildman–Crippen LogP) is 4.75. The summed E-state index contributed by atoms with van der Waals surface area (Å²) in [6, 6.07) is 0. The van der Waals surface area contributed by atoms with Gasteiger partial charge in [0, 0.05) is 36.6 Å². The Morgan fingerprint density at radius 1 is 1.45 bits per heavy atom. The lowest BCUT2D eigenvalue weighted by Gasteiger charge is -2.26. The lowest BCUT2D eigenvalue weighted by atomic mass is 10.1. The molecule has 0 aliphatic rings. The third kappa shape index (κ3) is 4.90. The van der Waals surface area contributed by atoms with Crippen molar-refractivity contribution in [1.29, 1.82) is 0 Å². The molecule has 0 unspecified atom stereocenters. The maximum Gasteiger partial charge on any atom is 0.339 e. The molecule has 126 valence electrons. The summed E-state index contributed by atoms with van der Waals surface area (Å²) in [5.74, 6) is -3.63. The lowest BCUT2D eigenvalue weighted by Crippen LogP contribution is -2.31. The lowest BCUT2D eigenvalue weighted by molar-refractivity contribution is -0.00921. The van der Waals surface area contributed by atoms with E-state index in [1.165, 1.54) is 13.1 Å². The van der Waals surface area contributed by atoms with E-state index in [1.54, 1.807) is 18.7 Å². The van der Waals surface area contributed by atoms with Crippen molar-refractivity contribution < 1.29 is 18.7 Å². The number of alkyl halides is 2. The van der Waals surface area contributed by atoms with Crippen molar-refractivity contribution >= 4 is 27.7 Å². The molecule has 1 aromatic rings. The number of carboxylic acids is 1. The van der Waals surface area contributed by atoms with Gasteiger partial charge >= 0.3 is 5.97 Å². The maximum atomic E-state index is 13.4. The molecule has 1 heterocycles. The number of anilines is 1. The van der Waals surface area contributed by atoms with Crippen LogP contribution in [0.5, 0.6) is 0 Å². The van der Waals surface area contributed by atoms with Gasteiger partial charge in [-0.15, -0.1) is 0 Å². The molecule has 0 saturated carbocycles. The number of aromatic carboxylic acids is 1. The van der Waals surface area contributed by atoms with E-state index in [4.69, 9.17) is 0 Å². The smallest absolute Gasteiger partial charge is 0.339 e.